The van der Waals surface area contributed by atoms with E-state index in [0.717, 1.165) is 0 Å². The van der Waals surface area contributed by atoms with Gasteiger partial charge in [0.25, 0.3) is 0 Å². The summed E-state index contributed by atoms with van der Waals surface area (Å²) in [5.74, 6) is -0.630. The van der Waals surface area contributed by atoms with Crippen molar-refractivity contribution in [1.29, 1.82) is 0 Å². The number of hydrogen-bond donors (Lipinski definition) is 1. The number of pyridine rings is 1. The summed E-state index contributed by atoms with van der Waals surface area (Å²) in [6, 6.07) is 10.5. The van der Waals surface area contributed by atoms with E-state index in [4.69, 9.17) is 9.47 Å². The molecule has 0 saturated carbocycles. The fourth-order valence-corrected chi connectivity index (χ4v) is 1.80. The molecule has 1 aromatic heterocycles. The molecule has 1 heterocycles. The molecule has 0 bridgehead atoms. The van der Waals surface area contributed by atoms with Gasteiger partial charge < -0.3 is 14.6 Å². The molecule has 1 aromatic carbocycles. The summed E-state index contributed by atoms with van der Waals surface area (Å²) in [7, 11) is 1.54. The van der Waals surface area contributed by atoms with Crippen LogP contribution in [0.5, 0.6) is 11.5 Å². The lowest BCUT2D eigenvalue weighted by molar-refractivity contribution is -0.139. The van der Waals surface area contributed by atoms with E-state index >= 15 is 0 Å². The number of benzene rings is 1. The maximum absolute atomic E-state index is 11.3. The van der Waals surface area contributed by atoms with E-state index in [1.165, 1.54) is 13.3 Å². The van der Waals surface area contributed by atoms with Gasteiger partial charge in [-0.3, -0.25) is 9.78 Å². The molecule has 0 aliphatic heterocycles. The van der Waals surface area contributed by atoms with Gasteiger partial charge in [-0.05, 0) is 23.8 Å². The van der Waals surface area contributed by atoms with Crippen LogP contribution in [0.15, 0.2) is 48.8 Å². The minimum Gasteiger partial charge on any atom is -0.493 e. The Kier molecular flexibility index (Phi) is 4.55. The number of rotatable bonds is 6. The highest BCUT2D eigenvalue weighted by Crippen LogP contribution is 2.27. The van der Waals surface area contributed by atoms with E-state index in [-0.39, 0.29) is 6.61 Å². The van der Waals surface area contributed by atoms with E-state index in [9.17, 15) is 9.90 Å². The second-order valence-electron chi connectivity index (χ2n) is 4.14. The number of carboxylic acid groups (broad SMARTS) is 1. The van der Waals surface area contributed by atoms with E-state index in [1.807, 2.05) is 6.07 Å². The van der Waals surface area contributed by atoms with Crippen molar-refractivity contribution in [3.05, 3.63) is 54.4 Å². The van der Waals surface area contributed by atoms with E-state index < -0.39 is 11.9 Å². The Balaban J connectivity index is 2.12. The van der Waals surface area contributed by atoms with Crippen molar-refractivity contribution in [3.63, 3.8) is 0 Å². The van der Waals surface area contributed by atoms with Gasteiger partial charge in [0.1, 0.15) is 12.5 Å². The molecule has 0 saturated heterocycles. The van der Waals surface area contributed by atoms with Crippen LogP contribution >= 0.6 is 0 Å². The number of carboxylic acids is 1. The number of aliphatic carboxylic acids is 1. The van der Waals surface area contributed by atoms with Gasteiger partial charge in [0.2, 0.25) is 0 Å². The van der Waals surface area contributed by atoms with Crippen LogP contribution in [0.25, 0.3) is 0 Å². The average molecular weight is 273 g/mol. The summed E-state index contributed by atoms with van der Waals surface area (Å²) in [6.07, 6.45) is 3.13. The Hall–Kier alpha value is -2.56. The molecular weight excluding hydrogens is 258 g/mol. The lowest BCUT2D eigenvalue weighted by Gasteiger charge is -2.15. The van der Waals surface area contributed by atoms with Gasteiger partial charge in [-0.2, -0.15) is 0 Å². The SMILES string of the molecule is COc1ccccc1OCC(C(=O)O)c1cccnc1. The Morgan fingerprint density at radius 2 is 2.00 bits per heavy atom. The highest BCUT2D eigenvalue weighted by Gasteiger charge is 2.21. The summed E-state index contributed by atoms with van der Waals surface area (Å²) in [5, 5.41) is 9.29. The lowest BCUT2D eigenvalue weighted by atomic mass is 10.0. The molecule has 0 aliphatic rings. The van der Waals surface area contributed by atoms with Crippen molar-refractivity contribution in [2.24, 2.45) is 0 Å². The van der Waals surface area contributed by atoms with Crippen LogP contribution in [0, 0.1) is 0 Å². The van der Waals surface area contributed by atoms with Crippen molar-refractivity contribution in [2.45, 2.75) is 5.92 Å². The predicted molar refractivity (Wildman–Crippen MR) is 73.1 cm³/mol. The molecule has 1 N–H and O–H groups in total. The molecule has 0 radical (unpaired) electrons. The van der Waals surface area contributed by atoms with Crippen molar-refractivity contribution in [2.75, 3.05) is 13.7 Å². The second kappa shape index (κ2) is 6.56. The summed E-state index contributed by atoms with van der Waals surface area (Å²) in [4.78, 5) is 15.3. The van der Waals surface area contributed by atoms with Gasteiger partial charge in [0.15, 0.2) is 11.5 Å². The zero-order valence-corrected chi connectivity index (χ0v) is 11.0. The maximum atomic E-state index is 11.3. The Bertz CT molecular complexity index is 571. The molecule has 5 nitrogen and oxygen atoms in total. The van der Waals surface area contributed by atoms with E-state index in [1.54, 1.807) is 36.5 Å². The molecule has 0 amide bonds. The standard InChI is InChI=1S/C15H15NO4/c1-19-13-6-2-3-7-14(13)20-10-12(15(17)18)11-5-4-8-16-9-11/h2-9,12H,10H2,1H3,(H,17,18). The van der Waals surface area contributed by atoms with Crippen LogP contribution in [-0.4, -0.2) is 29.8 Å². The minimum absolute atomic E-state index is 0.0153. The van der Waals surface area contributed by atoms with Crippen LogP contribution in [-0.2, 0) is 4.79 Å². The van der Waals surface area contributed by atoms with E-state index in [0.29, 0.717) is 17.1 Å². The molecule has 1 atom stereocenters. The van der Waals surface area contributed by atoms with Gasteiger partial charge in [-0.15, -0.1) is 0 Å². The molecule has 0 aliphatic carbocycles. The quantitative estimate of drug-likeness (QED) is 0.874. The molecular formula is C15H15NO4. The largest absolute Gasteiger partial charge is 0.493 e. The number of aromatic nitrogens is 1. The van der Waals surface area contributed by atoms with Crippen molar-refractivity contribution < 1.29 is 19.4 Å². The molecule has 20 heavy (non-hydrogen) atoms. The summed E-state index contributed by atoms with van der Waals surface area (Å²) < 4.78 is 10.7. The van der Waals surface area contributed by atoms with Crippen molar-refractivity contribution in [1.82, 2.24) is 4.98 Å². The molecule has 2 aromatic rings. The zero-order valence-electron chi connectivity index (χ0n) is 11.0. The fourth-order valence-electron chi connectivity index (χ4n) is 1.80. The zero-order chi connectivity index (χ0) is 14.4. The number of nitrogens with zero attached hydrogens (tertiary/aromatic N) is 1. The normalized spacial score (nSPS) is 11.7. The predicted octanol–water partition coefficient (Wildman–Crippen LogP) is 2.34. The average Bonchev–Trinajstić information content (AvgIpc) is 2.48. The second-order valence-corrected chi connectivity index (χ2v) is 4.14. The molecule has 0 fully saturated rings. The third-order valence-electron chi connectivity index (χ3n) is 2.86. The first-order valence-electron chi connectivity index (χ1n) is 6.11. The third kappa shape index (κ3) is 3.26. The number of methoxy groups -OCH3 is 1. The molecule has 2 rings (SSSR count). The Morgan fingerprint density at radius 3 is 2.60 bits per heavy atom. The van der Waals surface area contributed by atoms with Crippen molar-refractivity contribution >= 4 is 5.97 Å². The highest BCUT2D eigenvalue weighted by molar-refractivity contribution is 5.76. The monoisotopic (exact) mass is 273 g/mol. The summed E-state index contributed by atoms with van der Waals surface area (Å²) >= 11 is 0. The number of hydrogen-bond acceptors (Lipinski definition) is 4. The Morgan fingerprint density at radius 1 is 1.25 bits per heavy atom. The van der Waals surface area contributed by atoms with Gasteiger partial charge in [-0.1, -0.05) is 18.2 Å². The van der Waals surface area contributed by atoms with Crippen LogP contribution < -0.4 is 9.47 Å². The first-order chi connectivity index (χ1) is 9.72. The summed E-state index contributed by atoms with van der Waals surface area (Å²) in [6.45, 7) is 0.0153. The van der Waals surface area contributed by atoms with Gasteiger partial charge in [-0.25, -0.2) is 0 Å². The molecule has 104 valence electrons. The highest BCUT2D eigenvalue weighted by atomic mass is 16.5. The number of carbonyl (C=O) groups is 1. The van der Waals surface area contributed by atoms with Gasteiger partial charge in [0.05, 0.1) is 7.11 Å². The smallest absolute Gasteiger partial charge is 0.314 e. The van der Waals surface area contributed by atoms with Crippen molar-refractivity contribution in [3.8, 4) is 11.5 Å². The molecule has 1 unspecified atom stereocenters. The fraction of sp³-hybridized carbons (Fsp3) is 0.200. The maximum Gasteiger partial charge on any atom is 0.314 e. The number of para-hydroxylation sites is 2. The first-order valence-corrected chi connectivity index (χ1v) is 6.11. The number of ether oxygens (including phenoxy) is 2. The van der Waals surface area contributed by atoms with Crippen LogP contribution in [0.3, 0.4) is 0 Å². The van der Waals surface area contributed by atoms with E-state index in [2.05, 4.69) is 4.98 Å². The molecule has 5 heteroatoms. The Labute approximate surface area is 116 Å². The summed E-state index contributed by atoms with van der Waals surface area (Å²) in [5.41, 5.74) is 0.606. The topological polar surface area (TPSA) is 68.7 Å². The third-order valence-corrected chi connectivity index (χ3v) is 2.86. The molecule has 0 spiro atoms. The lowest BCUT2D eigenvalue weighted by Crippen LogP contribution is -2.19. The minimum atomic E-state index is -0.951. The van der Waals surface area contributed by atoms with Crippen LogP contribution in [0.2, 0.25) is 0 Å². The van der Waals surface area contributed by atoms with Gasteiger partial charge in [0, 0.05) is 12.4 Å². The van der Waals surface area contributed by atoms with Crippen LogP contribution in [0.4, 0.5) is 0 Å². The van der Waals surface area contributed by atoms with Gasteiger partial charge >= 0.3 is 5.97 Å². The first kappa shape index (κ1) is 13.9. The van der Waals surface area contributed by atoms with Crippen LogP contribution in [0.1, 0.15) is 11.5 Å².